The van der Waals surface area contributed by atoms with Crippen LogP contribution in [0.5, 0.6) is 0 Å². The Bertz CT molecular complexity index is 1120. The molecule has 0 spiro atoms. The molecule has 8 heteroatoms. The van der Waals surface area contributed by atoms with Gasteiger partial charge in [-0.25, -0.2) is 4.68 Å². The van der Waals surface area contributed by atoms with Gasteiger partial charge in [0.05, 0.1) is 17.1 Å². The first-order chi connectivity index (χ1) is 13.4. The number of hydrogen-bond acceptors (Lipinski definition) is 3. The van der Waals surface area contributed by atoms with Gasteiger partial charge in [0.2, 0.25) is 5.91 Å². The van der Waals surface area contributed by atoms with E-state index in [9.17, 15) is 9.59 Å². The highest BCUT2D eigenvalue weighted by Crippen LogP contribution is 2.44. The largest absolute Gasteiger partial charge is 0.295 e. The van der Waals surface area contributed by atoms with Gasteiger partial charge in [-0.3, -0.25) is 19.2 Å². The second-order valence-electron chi connectivity index (χ2n) is 6.50. The maximum absolute atomic E-state index is 13.3. The second kappa shape index (κ2) is 7.35. The number of nitrogens with zero attached hydrogens (tertiary/aromatic N) is 3. The number of amides is 1. The van der Waals surface area contributed by atoms with E-state index >= 15 is 0 Å². The molecule has 4 rings (SSSR count). The Hall–Kier alpha value is -2.15. The molecule has 28 heavy (non-hydrogen) atoms. The van der Waals surface area contributed by atoms with Gasteiger partial charge in [-0.2, -0.15) is 0 Å². The Morgan fingerprint density at radius 2 is 1.79 bits per heavy atom. The third-order valence-electron chi connectivity index (χ3n) is 4.86. The van der Waals surface area contributed by atoms with Gasteiger partial charge in [-0.05, 0) is 31.2 Å². The van der Waals surface area contributed by atoms with Crippen LogP contribution in [0.3, 0.4) is 0 Å². The molecule has 1 aliphatic heterocycles. The van der Waals surface area contributed by atoms with Crippen molar-refractivity contribution in [3.8, 4) is 5.69 Å². The Labute approximate surface area is 176 Å². The summed E-state index contributed by atoms with van der Waals surface area (Å²) in [4.78, 5) is 27.7. The molecule has 144 valence electrons. The standard InChI is InChI=1S/C20H17Cl2N3O2S/c1-12-18(19(27)25(23(12)2)14-6-4-3-5-7-14)24-17(26)11-28-20(24)15-9-8-13(21)10-16(15)22/h3-10,20H,11H2,1-2H3. The SMILES string of the molecule is Cc1c(N2C(=O)CSC2c2ccc(Cl)cc2Cl)c(=O)n(-c2ccccc2)n1C. The number of carbonyl (C=O) groups is 1. The van der Waals surface area contributed by atoms with Crippen molar-refractivity contribution in [2.75, 3.05) is 10.7 Å². The van der Waals surface area contributed by atoms with Gasteiger partial charge in [0.1, 0.15) is 11.1 Å². The van der Waals surface area contributed by atoms with E-state index in [1.54, 1.807) is 26.4 Å². The first-order valence-electron chi connectivity index (χ1n) is 8.62. The number of carbonyl (C=O) groups excluding carboxylic acids is 1. The summed E-state index contributed by atoms with van der Waals surface area (Å²) < 4.78 is 3.34. The maximum Gasteiger partial charge on any atom is 0.295 e. The van der Waals surface area contributed by atoms with Crippen LogP contribution in [0.4, 0.5) is 5.69 Å². The van der Waals surface area contributed by atoms with E-state index in [-0.39, 0.29) is 22.6 Å². The molecule has 2 aromatic carbocycles. The van der Waals surface area contributed by atoms with Crippen LogP contribution in [0.2, 0.25) is 10.0 Å². The van der Waals surface area contributed by atoms with Gasteiger partial charge in [0.25, 0.3) is 5.56 Å². The number of para-hydroxylation sites is 1. The predicted octanol–water partition coefficient (Wildman–Crippen LogP) is 4.57. The highest BCUT2D eigenvalue weighted by atomic mass is 35.5. The molecule has 1 atom stereocenters. The summed E-state index contributed by atoms with van der Waals surface area (Å²) in [6.07, 6.45) is 0. The summed E-state index contributed by atoms with van der Waals surface area (Å²) in [6.45, 7) is 1.84. The van der Waals surface area contributed by atoms with E-state index in [1.165, 1.54) is 11.8 Å². The first kappa shape index (κ1) is 19.2. The fourth-order valence-corrected chi connectivity index (χ4v) is 5.20. The van der Waals surface area contributed by atoms with Crippen LogP contribution in [0.25, 0.3) is 5.69 Å². The molecule has 1 fully saturated rings. The van der Waals surface area contributed by atoms with Gasteiger partial charge in [-0.15, -0.1) is 11.8 Å². The molecule has 0 saturated carbocycles. The lowest BCUT2D eigenvalue weighted by Crippen LogP contribution is -2.33. The molecule has 3 aromatic rings. The van der Waals surface area contributed by atoms with Crippen molar-refractivity contribution >= 4 is 46.6 Å². The Balaban J connectivity index is 1.88. The first-order valence-corrected chi connectivity index (χ1v) is 10.4. The molecular formula is C20H17Cl2N3O2S. The molecule has 1 aliphatic rings. The minimum absolute atomic E-state index is 0.118. The Morgan fingerprint density at radius 3 is 2.46 bits per heavy atom. The number of thioether (sulfide) groups is 1. The van der Waals surface area contributed by atoms with Crippen molar-refractivity contribution in [2.45, 2.75) is 12.3 Å². The van der Waals surface area contributed by atoms with Gasteiger partial charge in [0, 0.05) is 22.7 Å². The Morgan fingerprint density at radius 1 is 1.07 bits per heavy atom. The predicted molar refractivity (Wildman–Crippen MR) is 115 cm³/mol. The normalized spacial score (nSPS) is 16.8. The minimum atomic E-state index is -0.379. The lowest BCUT2D eigenvalue weighted by Gasteiger charge is -2.24. The van der Waals surface area contributed by atoms with Crippen molar-refractivity contribution < 1.29 is 4.79 Å². The molecular weight excluding hydrogens is 417 g/mol. The van der Waals surface area contributed by atoms with Gasteiger partial charge >= 0.3 is 0 Å². The topological polar surface area (TPSA) is 47.2 Å². The molecule has 1 amide bonds. The summed E-state index contributed by atoms with van der Waals surface area (Å²) in [7, 11) is 1.81. The average Bonchev–Trinajstić information content (AvgIpc) is 3.13. The lowest BCUT2D eigenvalue weighted by molar-refractivity contribution is -0.115. The van der Waals surface area contributed by atoms with Crippen molar-refractivity contribution in [3.05, 3.63) is 80.2 Å². The highest BCUT2D eigenvalue weighted by molar-refractivity contribution is 8.00. The van der Waals surface area contributed by atoms with Crippen LogP contribution in [-0.2, 0) is 11.8 Å². The van der Waals surface area contributed by atoms with E-state index in [4.69, 9.17) is 23.2 Å². The smallest absolute Gasteiger partial charge is 0.288 e. The van der Waals surface area contributed by atoms with E-state index in [0.29, 0.717) is 21.4 Å². The van der Waals surface area contributed by atoms with Crippen LogP contribution >= 0.6 is 35.0 Å². The average molecular weight is 434 g/mol. The number of aromatic nitrogens is 2. The quantitative estimate of drug-likeness (QED) is 0.607. The molecule has 1 unspecified atom stereocenters. The minimum Gasteiger partial charge on any atom is -0.288 e. The molecule has 1 saturated heterocycles. The number of hydrogen-bond donors (Lipinski definition) is 0. The maximum atomic E-state index is 13.3. The van der Waals surface area contributed by atoms with Crippen molar-refractivity contribution in [3.63, 3.8) is 0 Å². The number of anilines is 1. The molecule has 1 aromatic heterocycles. The molecule has 2 heterocycles. The molecule has 0 N–H and O–H groups in total. The number of benzene rings is 2. The van der Waals surface area contributed by atoms with Crippen molar-refractivity contribution in [1.29, 1.82) is 0 Å². The molecule has 5 nitrogen and oxygen atoms in total. The number of halogens is 2. The zero-order valence-corrected chi connectivity index (χ0v) is 17.6. The van der Waals surface area contributed by atoms with E-state index in [2.05, 4.69) is 0 Å². The van der Waals surface area contributed by atoms with Crippen LogP contribution < -0.4 is 10.5 Å². The van der Waals surface area contributed by atoms with E-state index in [0.717, 1.165) is 11.3 Å². The zero-order valence-electron chi connectivity index (χ0n) is 15.2. The summed E-state index contributed by atoms with van der Waals surface area (Å²) in [6, 6.07) is 14.6. The Kier molecular flexibility index (Phi) is 5.04. The van der Waals surface area contributed by atoms with Crippen molar-refractivity contribution in [1.82, 2.24) is 9.36 Å². The molecule has 0 radical (unpaired) electrons. The third kappa shape index (κ3) is 3.05. The summed E-state index contributed by atoms with van der Waals surface area (Å²) in [5.41, 5.74) is 2.34. The summed E-state index contributed by atoms with van der Waals surface area (Å²) >= 11 is 13.9. The summed E-state index contributed by atoms with van der Waals surface area (Å²) in [5, 5.41) is 0.619. The fourth-order valence-electron chi connectivity index (χ4n) is 3.43. The lowest BCUT2D eigenvalue weighted by atomic mass is 10.2. The van der Waals surface area contributed by atoms with Gasteiger partial charge < -0.3 is 0 Å². The van der Waals surface area contributed by atoms with Gasteiger partial charge in [0.15, 0.2) is 0 Å². The van der Waals surface area contributed by atoms with Crippen molar-refractivity contribution in [2.24, 2.45) is 7.05 Å². The van der Waals surface area contributed by atoms with Crippen LogP contribution in [0.1, 0.15) is 16.6 Å². The zero-order chi connectivity index (χ0) is 20.0. The second-order valence-corrected chi connectivity index (χ2v) is 8.42. The van der Waals surface area contributed by atoms with Crippen LogP contribution in [-0.4, -0.2) is 21.0 Å². The van der Waals surface area contributed by atoms with Gasteiger partial charge in [-0.1, -0.05) is 47.5 Å². The molecule has 0 bridgehead atoms. The summed E-state index contributed by atoms with van der Waals surface area (Å²) in [5.74, 6) is 0.162. The monoisotopic (exact) mass is 433 g/mol. The van der Waals surface area contributed by atoms with E-state index < -0.39 is 0 Å². The highest BCUT2D eigenvalue weighted by Gasteiger charge is 2.39. The van der Waals surface area contributed by atoms with Crippen LogP contribution in [0.15, 0.2) is 53.3 Å². The molecule has 0 aliphatic carbocycles. The van der Waals surface area contributed by atoms with Crippen LogP contribution in [0, 0.1) is 6.92 Å². The van der Waals surface area contributed by atoms with E-state index in [1.807, 2.05) is 50.4 Å². The number of rotatable bonds is 3. The third-order valence-corrected chi connectivity index (χ3v) is 6.62. The fraction of sp³-hybridized carbons (Fsp3) is 0.200.